The van der Waals surface area contributed by atoms with Gasteiger partial charge in [0, 0.05) is 24.9 Å². The molecule has 128 valence electrons. The number of thioether (sulfide) groups is 1. The summed E-state index contributed by atoms with van der Waals surface area (Å²) in [7, 11) is 1.73. The summed E-state index contributed by atoms with van der Waals surface area (Å²) in [5.74, 6) is 0.407. The largest absolute Gasteiger partial charge is 0.387 e. The quantitative estimate of drug-likeness (QED) is 0.570. The lowest BCUT2D eigenvalue weighted by atomic mass is 9.95. The van der Waals surface area contributed by atoms with Crippen molar-refractivity contribution in [3.63, 3.8) is 0 Å². The molecule has 0 aromatic heterocycles. The SMILES string of the molecule is CN=C(NCC(O)c1ccc(F)cc1)NC1CCCC(SC)C1. The standard InChI is InChI=1S/C17H26FN3OS/c1-19-17(21-14-4-3-5-15(10-14)23-2)20-11-16(22)12-6-8-13(18)9-7-12/h6-9,14-16,22H,3-5,10-11H2,1-2H3,(H2,19,20,21). The molecule has 1 fully saturated rings. The van der Waals surface area contributed by atoms with Crippen LogP contribution in [0.2, 0.25) is 0 Å². The number of hydrogen-bond donors (Lipinski definition) is 3. The van der Waals surface area contributed by atoms with Crippen LogP contribution in [-0.2, 0) is 0 Å². The Morgan fingerprint density at radius 3 is 2.78 bits per heavy atom. The van der Waals surface area contributed by atoms with E-state index in [4.69, 9.17) is 0 Å². The van der Waals surface area contributed by atoms with Crippen LogP contribution < -0.4 is 10.6 Å². The fourth-order valence-electron chi connectivity index (χ4n) is 2.87. The van der Waals surface area contributed by atoms with Gasteiger partial charge in [-0.1, -0.05) is 18.6 Å². The van der Waals surface area contributed by atoms with Crippen LogP contribution in [0.15, 0.2) is 29.3 Å². The van der Waals surface area contributed by atoms with E-state index in [0.717, 1.165) is 12.8 Å². The van der Waals surface area contributed by atoms with Gasteiger partial charge >= 0.3 is 0 Å². The van der Waals surface area contributed by atoms with Crippen LogP contribution in [0.4, 0.5) is 4.39 Å². The fourth-order valence-corrected chi connectivity index (χ4v) is 3.70. The highest BCUT2D eigenvalue weighted by molar-refractivity contribution is 7.99. The molecule has 1 aromatic rings. The minimum Gasteiger partial charge on any atom is -0.387 e. The third kappa shape index (κ3) is 5.70. The van der Waals surface area contributed by atoms with E-state index in [1.165, 1.54) is 25.0 Å². The third-order valence-electron chi connectivity index (χ3n) is 4.24. The van der Waals surface area contributed by atoms with E-state index in [1.807, 2.05) is 11.8 Å². The molecule has 0 aliphatic heterocycles. The Hall–Kier alpha value is -1.27. The predicted molar refractivity (Wildman–Crippen MR) is 95.4 cm³/mol. The molecule has 1 aromatic carbocycles. The van der Waals surface area contributed by atoms with Gasteiger partial charge in [0.2, 0.25) is 0 Å². The van der Waals surface area contributed by atoms with Gasteiger partial charge in [-0.3, -0.25) is 4.99 Å². The number of hydrogen-bond acceptors (Lipinski definition) is 3. The molecule has 0 amide bonds. The molecule has 6 heteroatoms. The van der Waals surface area contributed by atoms with E-state index in [0.29, 0.717) is 29.4 Å². The molecule has 2 rings (SSSR count). The first kappa shape index (κ1) is 18.1. The van der Waals surface area contributed by atoms with E-state index in [1.54, 1.807) is 19.2 Å². The van der Waals surface area contributed by atoms with Gasteiger partial charge in [-0.05, 0) is 43.2 Å². The van der Waals surface area contributed by atoms with Gasteiger partial charge in [0.15, 0.2) is 5.96 Å². The van der Waals surface area contributed by atoms with Gasteiger partial charge < -0.3 is 15.7 Å². The zero-order valence-corrected chi connectivity index (χ0v) is 14.6. The van der Waals surface area contributed by atoms with Crippen molar-refractivity contribution in [3.8, 4) is 0 Å². The monoisotopic (exact) mass is 339 g/mol. The van der Waals surface area contributed by atoms with Crippen LogP contribution in [0.25, 0.3) is 0 Å². The van der Waals surface area contributed by atoms with E-state index in [-0.39, 0.29) is 5.82 Å². The van der Waals surface area contributed by atoms with Crippen molar-refractivity contribution in [2.75, 3.05) is 19.8 Å². The van der Waals surface area contributed by atoms with Crippen molar-refractivity contribution in [2.45, 2.75) is 43.1 Å². The summed E-state index contributed by atoms with van der Waals surface area (Å²) in [6, 6.07) is 6.34. The lowest BCUT2D eigenvalue weighted by Gasteiger charge is -2.30. The molecule has 0 radical (unpaired) electrons. The maximum absolute atomic E-state index is 12.9. The highest BCUT2D eigenvalue weighted by Gasteiger charge is 2.22. The summed E-state index contributed by atoms with van der Waals surface area (Å²) in [5.41, 5.74) is 0.689. The third-order valence-corrected chi connectivity index (χ3v) is 5.34. The molecule has 0 bridgehead atoms. The summed E-state index contributed by atoms with van der Waals surface area (Å²) in [5, 5.41) is 17.5. The minimum atomic E-state index is -0.695. The molecular weight excluding hydrogens is 313 g/mol. The Kier molecular flexibility index (Phi) is 7.17. The molecule has 3 atom stereocenters. The van der Waals surface area contributed by atoms with Gasteiger partial charge in [-0.2, -0.15) is 11.8 Å². The van der Waals surface area contributed by atoms with Gasteiger partial charge in [0.25, 0.3) is 0 Å². The van der Waals surface area contributed by atoms with E-state index in [9.17, 15) is 9.50 Å². The molecule has 23 heavy (non-hydrogen) atoms. The Balaban J connectivity index is 1.81. The second kappa shape index (κ2) is 9.13. The normalized spacial score (nSPS) is 23.4. The average Bonchev–Trinajstić information content (AvgIpc) is 2.59. The summed E-state index contributed by atoms with van der Waals surface area (Å²) in [6.45, 7) is 0.337. The summed E-state index contributed by atoms with van der Waals surface area (Å²) >= 11 is 1.93. The number of nitrogens with one attached hydrogen (secondary N) is 2. The molecule has 1 saturated carbocycles. The fraction of sp³-hybridized carbons (Fsp3) is 0.588. The van der Waals surface area contributed by atoms with Gasteiger partial charge in [-0.15, -0.1) is 0 Å². The minimum absolute atomic E-state index is 0.299. The van der Waals surface area contributed by atoms with Crippen molar-refractivity contribution in [1.82, 2.24) is 10.6 Å². The first-order valence-corrected chi connectivity index (χ1v) is 9.34. The molecule has 1 aliphatic rings. The van der Waals surface area contributed by atoms with E-state index in [2.05, 4.69) is 21.9 Å². The number of nitrogens with zero attached hydrogens (tertiary/aromatic N) is 1. The Morgan fingerprint density at radius 1 is 1.39 bits per heavy atom. The molecule has 0 spiro atoms. The lowest BCUT2D eigenvalue weighted by molar-refractivity contribution is 0.180. The van der Waals surface area contributed by atoms with Crippen LogP contribution in [-0.4, -0.2) is 42.2 Å². The van der Waals surface area contributed by atoms with Crippen molar-refractivity contribution < 1.29 is 9.50 Å². The van der Waals surface area contributed by atoms with Crippen molar-refractivity contribution in [2.24, 2.45) is 4.99 Å². The van der Waals surface area contributed by atoms with Crippen LogP contribution in [0.1, 0.15) is 37.4 Å². The van der Waals surface area contributed by atoms with Gasteiger partial charge in [0.05, 0.1) is 6.10 Å². The first-order chi connectivity index (χ1) is 11.1. The molecule has 4 nitrogen and oxygen atoms in total. The zero-order valence-electron chi connectivity index (χ0n) is 13.8. The Morgan fingerprint density at radius 2 is 2.13 bits per heavy atom. The number of halogens is 1. The summed E-state index contributed by atoms with van der Waals surface area (Å²) in [6.07, 6.45) is 6.28. The predicted octanol–water partition coefficient (Wildman–Crippen LogP) is 2.70. The van der Waals surface area contributed by atoms with Crippen LogP contribution in [0.3, 0.4) is 0 Å². The second-order valence-corrected chi connectivity index (χ2v) is 7.02. The summed E-state index contributed by atoms with van der Waals surface area (Å²) < 4.78 is 12.9. The number of rotatable bonds is 5. The van der Waals surface area contributed by atoms with Crippen LogP contribution in [0.5, 0.6) is 0 Å². The Bertz CT molecular complexity index is 509. The van der Waals surface area contributed by atoms with Crippen molar-refractivity contribution in [1.29, 1.82) is 0 Å². The van der Waals surface area contributed by atoms with E-state index >= 15 is 0 Å². The molecule has 0 heterocycles. The topological polar surface area (TPSA) is 56.7 Å². The number of guanidine groups is 1. The second-order valence-electron chi connectivity index (χ2n) is 5.89. The zero-order chi connectivity index (χ0) is 16.7. The van der Waals surface area contributed by atoms with Crippen LogP contribution in [0, 0.1) is 5.82 Å². The number of aliphatic imine (C=N–C) groups is 1. The van der Waals surface area contributed by atoms with Crippen LogP contribution >= 0.6 is 11.8 Å². The van der Waals surface area contributed by atoms with Crippen molar-refractivity contribution >= 4 is 17.7 Å². The number of aliphatic hydroxyl groups is 1. The molecule has 3 unspecified atom stereocenters. The smallest absolute Gasteiger partial charge is 0.191 e. The Labute approximate surface area is 142 Å². The lowest BCUT2D eigenvalue weighted by Crippen LogP contribution is -2.46. The molecule has 0 saturated heterocycles. The maximum Gasteiger partial charge on any atom is 0.191 e. The summed E-state index contributed by atoms with van der Waals surface area (Å²) in [4.78, 5) is 4.23. The van der Waals surface area contributed by atoms with Gasteiger partial charge in [0.1, 0.15) is 5.82 Å². The molecular formula is C17H26FN3OS. The average molecular weight is 339 g/mol. The first-order valence-electron chi connectivity index (χ1n) is 8.06. The highest BCUT2D eigenvalue weighted by Crippen LogP contribution is 2.26. The van der Waals surface area contributed by atoms with E-state index < -0.39 is 6.10 Å². The van der Waals surface area contributed by atoms with Gasteiger partial charge in [-0.25, -0.2) is 4.39 Å². The molecule has 3 N–H and O–H groups in total. The number of benzene rings is 1. The number of aliphatic hydroxyl groups excluding tert-OH is 1. The maximum atomic E-state index is 12.9. The highest BCUT2D eigenvalue weighted by atomic mass is 32.2. The molecule has 1 aliphatic carbocycles. The van der Waals surface area contributed by atoms with Crippen molar-refractivity contribution in [3.05, 3.63) is 35.6 Å².